The number of hydrogen-bond acceptors (Lipinski definition) is 5. The van der Waals surface area contributed by atoms with E-state index in [0.29, 0.717) is 17.5 Å². The van der Waals surface area contributed by atoms with Gasteiger partial charge in [0.2, 0.25) is 0 Å². The van der Waals surface area contributed by atoms with Crippen molar-refractivity contribution in [2.75, 3.05) is 5.73 Å². The minimum atomic E-state index is 0.503. The van der Waals surface area contributed by atoms with Crippen LogP contribution >= 0.6 is 0 Å². The monoisotopic (exact) mass is 283 g/mol. The zero-order valence-electron chi connectivity index (χ0n) is 11.7. The maximum atomic E-state index is 6.14. The number of anilines is 1. The van der Waals surface area contributed by atoms with E-state index in [2.05, 4.69) is 10.1 Å². The van der Waals surface area contributed by atoms with Crippen LogP contribution in [0, 0.1) is 0 Å². The zero-order chi connectivity index (χ0) is 14.2. The van der Waals surface area contributed by atoms with Crippen LogP contribution in [-0.2, 0) is 0 Å². The number of nitrogen functional groups attached to an aromatic ring is 1. The van der Waals surface area contributed by atoms with Gasteiger partial charge in [0, 0.05) is 17.7 Å². The largest absolute Gasteiger partial charge is 0.443 e. The highest BCUT2D eigenvalue weighted by Gasteiger charge is 2.20. The summed E-state index contributed by atoms with van der Waals surface area (Å²) in [4.78, 5) is 8.77. The summed E-state index contributed by atoms with van der Waals surface area (Å²) in [7, 11) is 0. The molecule has 0 aliphatic heterocycles. The topological polar surface area (TPSA) is 82.2 Å². The van der Waals surface area contributed by atoms with Crippen LogP contribution in [0.3, 0.4) is 0 Å². The molecule has 1 aliphatic carbocycles. The first-order valence-corrected chi connectivity index (χ1v) is 7.36. The summed E-state index contributed by atoms with van der Waals surface area (Å²) in [5.74, 6) is 1.78. The molecule has 1 fully saturated rings. The van der Waals surface area contributed by atoms with Gasteiger partial charge in [-0.15, -0.1) is 0 Å². The number of aromatic nitrogens is 4. The first kappa shape index (κ1) is 12.4. The Labute approximate surface area is 122 Å². The molecule has 0 atom stereocenters. The summed E-state index contributed by atoms with van der Waals surface area (Å²) >= 11 is 0. The third-order valence-corrected chi connectivity index (χ3v) is 4.24. The average molecular weight is 283 g/mol. The number of nitrogens with zero attached hydrogens (tertiary/aromatic N) is 4. The van der Waals surface area contributed by atoms with Gasteiger partial charge in [0.1, 0.15) is 5.82 Å². The Balaban J connectivity index is 1.85. The molecule has 1 aliphatic rings. The van der Waals surface area contributed by atoms with E-state index in [0.717, 1.165) is 16.9 Å². The smallest absolute Gasteiger partial charge is 0.181 e. The van der Waals surface area contributed by atoms with Crippen LogP contribution in [0.5, 0.6) is 0 Å². The Morgan fingerprint density at radius 2 is 2.05 bits per heavy atom. The molecule has 0 radical (unpaired) electrons. The molecule has 2 N–H and O–H groups in total. The van der Waals surface area contributed by atoms with Crippen molar-refractivity contribution in [1.82, 2.24) is 19.6 Å². The van der Waals surface area contributed by atoms with E-state index in [-0.39, 0.29) is 0 Å². The summed E-state index contributed by atoms with van der Waals surface area (Å²) in [6.45, 7) is 0. The number of rotatable bonds is 2. The van der Waals surface area contributed by atoms with E-state index < -0.39 is 0 Å². The fourth-order valence-corrected chi connectivity index (χ4v) is 3.14. The normalized spacial score (nSPS) is 16.6. The molecule has 3 heterocycles. The molecular formula is C15H17N5O. The molecule has 0 aromatic carbocycles. The third kappa shape index (κ3) is 2.07. The Kier molecular flexibility index (Phi) is 2.87. The van der Waals surface area contributed by atoms with Gasteiger partial charge in [0.15, 0.2) is 17.8 Å². The number of fused-ring (bicyclic) bond motifs is 1. The second-order valence-electron chi connectivity index (χ2n) is 5.60. The van der Waals surface area contributed by atoms with Gasteiger partial charge in [-0.1, -0.05) is 19.3 Å². The molecule has 0 saturated heterocycles. The van der Waals surface area contributed by atoms with Gasteiger partial charge in [-0.05, 0) is 12.8 Å². The van der Waals surface area contributed by atoms with Crippen LogP contribution in [-0.4, -0.2) is 19.6 Å². The second kappa shape index (κ2) is 4.87. The van der Waals surface area contributed by atoms with Gasteiger partial charge in [0.25, 0.3) is 0 Å². The lowest BCUT2D eigenvalue weighted by atomic mass is 9.87. The van der Waals surface area contributed by atoms with E-state index in [4.69, 9.17) is 15.1 Å². The van der Waals surface area contributed by atoms with E-state index >= 15 is 0 Å². The van der Waals surface area contributed by atoms with Crippen LogP contribution in [0.15, 0.2) is 29.3 Å². The number of hydrogen-bond donors (Lipinski definition) is 1. The van der Waals surface area contributed by atoms with Gasteiger partial charge >= 0.3 is 0 Å². The number of oxazole rings is 1. The standard InChI is InChI=1S/C15H17N5O/c16-14-6-12(10-4-2-1-3-5-10)19-15-11(7-18-20(14)15)13-8-17-9-21-13/h6-10H,1-5,16H2. The van der Waals surface area contributed by atoms with Crippen molar-refractivity contribution in [3.05, 3.63) is 30.5 Å². The van der Waals surface area contributed by atoms with Crippen LogP contribution in [0.25, 0.3) is 17.0 Å². The highest BCUT2D eigenvalue weighted by Crippen LogP contribution is 2.33. The van der Waals surface area contributed by atoms with E-state index in [1.54, 1.807) is 16.9 Å². The fraction of sp³-hybridized carbons (Fsp3) is 0.400. The average Bonchev–Trinajstić information content (AvgIpc) is 3.16. The van der Waals surface area contributed by atoms with Crippen LogP contribution in [0.4, 0.5) is 5.82 Å². The Bertz CT molecular complexity index is 756. The molecule has 6 heteroatoms. The number of nitrogens with two attached hydrogens (primary N) is 1. The maximum absolute atomic E-state index is 6.14. The van der Waals surface area contributed by atoms with E-state index in [9.17, 15) is 0 Å². The van der Waals surface area contributed by atoms with Crippen LogP contribution < -0.4 is 5.73 Å². The van der Waals surface area contributed by atoms with Crippen molar-refractivity contribution >= 4 is 11.5 Å². The SMILES string of the molecule is Nc1cc(C2CCCCC2)nc2c(-c3cnco3)cnn12. The molecule has 3 aromatic rings. The first-order chi connectivity index (χ1) is 10.3. The van der Waals surface area contributed by atoms with Crippen molar-refractivity contribution in [1.29, 1.82) is 0 Å². The molecule has 21 heavy (non-hydrogen) atoms. The predicted molar refractivity (Wildman–Crippen MR) is 78.7 cm³/mol. The molecule has 0 spiro atoms. The molecule has 3 aromatic heterocycles. The quantitative estimate of drug-likeness (QED) is 0.781. The highest BCUT2D eigenvalue weighted by molar-refractivity contribution is 5.74. The predicted octanol–water partition coefficient (Wildman–Crippen LogP) is 3.01. The van der Waals surface area contributed by atoms with Crippen LogP contribution in [0.2, 0.25) is 0 Å². The van der Waals surface area contributed by atoms with E-state index in [1.807, 2.05) is 6.07 Å². The molecule has 4 rings (SSSR count). The van der Waals surface area contributed by atoms with Gasteiger partial charge in [0.05, 0.1) is 18.0 Å². The zero-order valence-corrected chi connectivity index (χ0v) is 11.7. The van der Waals surface area contributed by atoms with E-state index in [1.165, 1.54) is 38.5 Å². The maximum Gasteiger partial charge on any atom is 0.181 e. The van der Waals surface area contributed by atoms with Crippen molar-refractivity contribution in [2.45, 2.75) is 38.0 Å². The molecule has 0 amide bonds. The second-order valence-corrected chi connectivity index (χ2v) is 5.60. The Morgan fingerprint density at radius 1 is 1.19 bits per heavy atom. The van der Waals surface area contributed by atoms with Gasteiger partial charge in [-0.25, -0.2) is 9.97 Å². The van der Waals surface area contributed by atoms with Crippen molar-refractivity contribution in [3.63, 3.8) is 0 Å². The summed E-state index contributed by atoms with van der Waals surface area (Å²) in [6.07, 6.45) is 11.0. The third-order valence-electron chi connectivity index (χ3n) is 4.24. The van der Waals surface area contributed by atoms with Gasteiger partial charge in [-0.3, -0.25) is 0 Å². The minimum absolute atomic E-state index is 0.503. The van der Waals surface area contributed by atoms with Gasteiger partial charge < -0.3 is 10.2 Å². The van der Waals surface area contributed by atoms with Crippen molar-refractivity contribution in [3.8, 4) is 11.3 Å². The summed E-state index contributed by atoms with van der Waals surface area (Å²) in [6, 6.07) is 1.96. The lowest BCUT2D eigenvalue weighted by molar-refractivity contribution is 0.437. The summed E-state index contributed by atoms with van der Waals surface area (Å²) < 4.78 is 7.02. The Hall–Kier alpha value is -2.37. The molecule has 1 saturated carbocycles. The lowest BCUT2D eigenvalue weighted by Gasteiger charge is -2.21. The first-order valence-electron chi connectivity index (χ1n) is 7.36. The van der Waals surface area contributed by atoms with Crippen molar-refractivity contribution < 1.29 is 4.42 Å². The summed E-state index contributed by atoms with van der Waals surface area (Å²) in [5.41, 5.74) is 8.79. The highest BCUT2D eigenvalue weighted by atomic mass is 16.3. The Morgan fingerprint density at radius 3 is 2.81 bits per heavy atom. The molecule has 108 valence electrons. The fourth-order valence-electron chi connectivity index (χ4n) is 3.14. The molecule has 0 unspecified atom stereocenters. The van der Waals surface area contributed by atoms with Crippen molar-refractivity contribution in [2.24, 2.45) is 0 Å². The summed E-state index contributed by atoms with van der Waals surface area (Å²) in [5, 5.41) is 4.30. The van der Waals surface area contributed by atoms with Gasteiger partial charge in [-0.2, -0.15) is 9.61 Å². The molecule has 6 nitrogen and oxygen atoms in total. The molecular weight excluding hydrogens is 266 g/mol. The lowest BCUT2D eigenvalue weighted by Crippen LogP contribution is -2.10. The molecule has 0 bridgehead atoms. The van der Waals surface area contributed by atoms with Crippen LogP contribution in [0.1, 0.15) is 43.7 Å². The minimum Gasteiger partial charge on any atom is -0.443 e.